The highest BCUT2D eigenvalue weighted by atomic mass is 35.5. The first-order chi connectivity index (χ1) is 11.0. The molecule has 0 bridgehead atoms. The van der Waals surface area contributed by atoms with Crippen molar-refractivity contribution in [1.29, 1.82) is 0 Å². The second kappa shape index (κ2) is 9.85. The number of sulfonamides is 1. The van der Waals surface area contributed by atoms with Gasteiger partial charge in [-0.05, 0) is 19.4 Å². The van der Waals surface area contributed by atoms with E-state index in [4.69, 9.17) is 4.98 Å². The molecular formula is C16H23Cl2N3O2S2. The molecular weight excluding hydrogens is 401 g/mol. The molecule has 2 N–H and O–H groups in total. The van der Waals surface area contributed by atoms with Crippen molar-refractivity contribution < 1.29 is 8.42 Å². The quantitative estimate of drug-likeness (QED) is 0.775. The van der Waals surface area contributed by atoms with Crippen molar-refractivity contribution in [3.8, 4) is 10.6 Å². The van der Waals surface area contributed by atoms with Gasteiger partial charge in [-0.15, -0.1) is 36.2 Å². The van der Waals surface area contributed by atoms with Crippen molar-refractivity contribution in [2.24, 2.45) is 0 Å². The highest BCUT2D eigenvalue weighted by molar-refractivity contribution is 7.88. The molecule has 1 saturated heterocycles. The van der Waals surface area contributed by atoms with E-state index in [1.807, 2.05) is 18.2 Å². The molecule has 25 heavy (non-hydrogen) atoms. The van der Waals surface area contributed by atoms with Gasteiger partial charge in [-0.2, -0.15) is 0 Å². The predicted molar refractivity (Wildman–Crippen MR) is 109 cm³/mol. The first kappa shape index (κ1) is 22.3. The minimum Gasteiger partial charge on any atom is -0.312 e. The third-order valence-corrected chi connectivity index (χ3v) is 5.62. The molecule has 1 aliphatic heterocycles. The fourth-order valence-corrected chi connectivity index (χ4v) is 4.59. The second-order valence-corrected chi connectivity index (χ2v) is 8.55. The van der Waals surface area contributed by atoms with Crippen LogP contribution in [0.25, 0.3) is 10.6 Å². The second-order valence-electron chi connectivity index (χ2n) is 5.91. The molecule has 2 aromatic rings. The van der Waals surface area contributed by atoms with Crippen molar-refractivity contribution in [2.75, 3.05) is 12.8 Å². The lowest BCUT2D eigenvalue weighted by Gasteiger charge is -2.32. The lowest BCUT2D eigenvalue weighted by molar-refractivity contribution is 0.328. The Labute approximate surface area is 165 Å². The van der Waals surface area contributed by atoms with E-state index < -0.39 is 10.0 Å². The van der Waals surface area contributed by atoms with E-state index in [2.05, 4.69) is 27.6 Å². The van der Waals surface area contributed by atoms with E-state index in [0.717, 1.165) is 42.1 Å². The average molecular weight is 424 g/mol. The lowest BCUT2D eigenvalue weighted by atomic mass is 9.96. The van der Waals surface area contributed by atoms with Crippen LogP contribution in [0, 0.1) is 0 Å². The van der Waals surface area contributed by atoms with Gasteiger partial charge in [0.15, 0.2) is 0 Å². The molecule has 2 atom stereocenters. The van der Waals surface area contributed by atoms with Crippen LogP contribution in [0.15, 0.2) is 35.7 Å². The molecule has 0 saturated carbocycles. The van der Waals surface area contributed by atoms with Gasteiger partial charge in [-0.3, -0.25) is 0 Å². The van der Waals surface area contributed by atoms with Crippen LogP contribution in [0.4, 0.5) is 0 Å². The Morgan fingerprint density at radius 1 is 1.28 bits per heavy atom. The monoisotopic (exact) mass is 423 g/mol. The number of benzene rings is 1. The largest absolute Gasteiger partial charge is 0.312 e. The van der Waals surface area contributed by atoms with Gasteiger partial charge in [0.2, 0.25) is 10.0 Å². The first-order valence-corrected chi connectivity index (χ1v) is 10.5. The molecule has 2 heterocycles. The first-order valence-electron chi connectivity index (χ1n) is 7.72. The van der Waals surface area contributed by atoms with Crippen LogP contribution < -0.4 is 10.0 Å². The Kier molecular flexibility index (Phi) is 8.80. The number of nitrogens with zero attached hydrogens (tertiary/aromatic N) is 1. The third-order valence-electron chi connectivity index (χ3n) is 3.95. The topological polar surface area (TPSA) is 71.1 Å². The standard InChI is InChI=1S/C16H21N3O2S2.2ClH/c1-23(20,21)19-14-8-5-9-17-15(14)10-13-11-22-16(18-13)12-6-3-2-4-7-12;;/h2-4,6-7,11,14-15,17,19H,5,8-10H2,1H3;2*1H/t14-,15-;;/m1../s1. The molecule has 0 aliphatic carbocycles. The maximum absolute atomic E-state index is 11.5. The molecule has 140 valence electrons. The van der Waals surface area contributed by atoms with Gasteiger partial charge in [0.05, 0.1) is 11.9 Å². The number of piperidine rings is 1. The Bertz CT molecular complexity index is 754. The maximum Gasteiger partial charge on any atom is 0.209 e. The molecule has 5 nitrogen and oxygen atoms in total. The van der Waals surface area contributed by atoms with Crippen LogP contribution in [-0.4, -0.2) is 38.3 Å². The zero-order valence-electron chi connectivity index (χ0n) is 13.8. The summed E-state index contributed by atoms with van der Waals surface area (Å²) >= 11 is 1.63. The molecule has 9 heteroatoms. The lowest BCUT2D eigenvalue weighted by Crippen LogP contribution is -2.54. The highest BCUT2D eigenvalue weighted by Gasteiger charge is 2.27. The number of rotatable bonds is 5. The number of hydrogen-bond donors (Lipinski definition) is 2. The van der Waals surface area contributed by atoms with Crippen LogP contribution in [0.3, 0.4) is 0 Å². The summed E-state index contributed by atoms with van der Waals surface area (Å²) in [4.78, 5) is 4.71. The summed E-state index contributed by atoms with van der Waals surface area (Å²) in [6.07, 6.45) is 3.79. The maximum atomic E-state index is 11.5. The molecule has 1 aromatic carbocycles. The normalized spacial score (nSPS) is 20.4. The molecule has 0 spiro atoms. The zero-order chi connectivity index (χ0) is 16.3. The molecule has 1 aromatic heterocycles. The van der Waals surface area contributed by atoms with Gasteiger partial charge in [-0.25, -0.2) is 18.1 Å². The van der Waals surface area contributed by atoms with Crippen molar-refractivity contribution in [2.45, 2.75) is 31.3 Å². The average Bonchev–Trinajstić information content (AvgIpc) is 2.97. The summed E-state index contributed by atoms with van der Waals surface area (Å²) in [6.45, 7) is 0.919. The summed E-state index contributed by atoms with van der Waals surface area (Å²) in [7, 11) is -3.19. The van der Waals surface area contributed by atoms with Crippen LogP contribution in [0.5, 0.6) is 0 Å². The van der Waals surface area contributed by atoms with E-state index in [1.165, 1.54) is 6.26 Å². The molecule has 3 rings (SSSR count). The van der Waals surface area contributed by atoms with Crippen molar-refractivity contribution in [3.05, 3.63) is 41.4 Å². The highest BCUT2D eigenvalue weighted by Crippen LogP contribution is 2.24. The SMILES string of the molecule is CS(=O)(=O)N[C@@H]1CCCN[C@@H]1Cc1csc(-c2ccccc2)n1.Cl.Cl. The number of nitrogens with one attached hydrogen (secondary N) is 2. The van der Waals surface area contributed by atoms with Gasteiger partial charge >= 0.3 is 0 Å². The number of hydrogen-bond acceptors (Lipinski definition) is 5. The molecule has 0 amide bonds. The smallest absolute Gasteiger partial charge is 0.209 e. The third kappa shape index (κ3) is 6.51. The number of aromatic nitrogens is 1. The van der Waals surface area contributed by atoms with Crippen LogP contribution in [0.1, 0.15) is 18.5 Å². The van der Waals surface area contributed by atoms with Gasteiger partial charge in [0, 0.05) is 29.4 Å². The summed E-state index contributed by atoms with van der Waals surface area (Å²) in [6, 6.07) is 10.1. The van der Waals surface area contributed by atoms with Crippen LogP contribution in [-0.2, 0) is 16.4 Å². The summed E-state index contributed by atoms with van der Waals surface area (Å²) < 4.78 is 25.8. The van der Waals surface area contributed by atoms with Crippen molar-refractivity contribution >= 4 is 46.2 Å². The Hall–Kier alpha value is -0.700. The molecule has 0 radical (unpaired) electrons. The molecule has 1 aliphatic rings. The van der Waals surface area contributed by atoms with E-state index in [-0.39, 0.29) is 36.9 Å². The summed E-state index contributed by atoms with van der Waals surface area (Å²) in [5.41, 5.74) is 2.12. The van der Waals surface area contributed by atoms with Crippen molar-refractivity contribution in [3.63, 3.8) is 0 Å². The van der Waals surface area contributed by atoms with Crippen molar-refractivity contribution in [1.82, 2.24) is 15.0 Å². The summed E-state index contributed by atoms with van der Waals surface area (Å²) in [5, 5.41) is 6.50. The molecule has 1 fully saturated rings. The van der Waals surface area contributed by atoms with Gasteiger partial charge < -0.3 is 5.32 Å². The van der Waals surface area contributed by atoms with Crippen LogP contribution >= 0.6 is 36.2 Å². The van der Waals surface area contributed by atoms with E-state index in [0.29, 0.717) is 0 Å². The van der Waals surface area contributed by atoms with E-state index in [9.17, 15) is 8.42 Å². The van der Waals surface area contributed by atoms with E-state index >= 15 is 0 Å². The van der Waals surface area contributed by atoms with Crippen LogP contribution in [0.2, 0.25) is 0 Å². The zero-order valence-corrected chi connectivity index (χ0v) is 17.1. The van der Waals surface area contributed by atoms with Gasteiger partial charge in [-0.1, -0.05) is 30.3 Å². The summed E-state index contributed by atoms with van der Waals surface area (Å²) in [5.74, 6) is 0. The minimum absolute atomic E-state index is 0. The Morgan fingerprint density at radius 3 is 2.68 bits per heavy atom. The Morgan fingerprint density at radius 2 is 2.00 bits per heavy atom. The van der Waals surface area contributed by atoms with Gasteiger partial charge in [0.25, 0.3) is 0 Å². The fourth-order valence-electron chi connectivity index (χ4n) is 2.92. The number of halogens is 2. The van der Waals surface area contributed by atoms with Gasteiger partial charge in [0.1, 0.15) is 5.01 Å². The predicted octanol–water partition coefficient (Wildman–Crippen LogP) is 2.87. The number of thiazole rings is 1. The Balaban J connectivity index is 0.00000156. The minimum atomic E-state index is -3.19. The molecule has 0 unspecified atom stereocenters. The van der Waals surface area contributed by atoms with E-state index in [1.54, 1.807) is 11.3 Å². The fraction of sp³-hybridized carbons (Fsp3) is 0.438.